The lowest BCUT2D eigenvalue weighted by molar-refractivity contribution is 0.310. The van der Waals surface area contributed by atoms with Gasteiger partial charge >= 0.3 is 0 Å². The SMILES string of the molecule is CCC1CCC(C#CSc2ccccc2)CC1.F.F.F.F.F. The van der Waals surface area contributed by atoms with Crippen LogP contribution in [0.2, 0.25) is 0 Å². The van der Waals surface area contributed by atoms with Crippen LogP contribution in [-0.2, 0) is 0 Å². The highest BCUT2D eigenvalue weighted by Gasteiger charge is 2.17. The number of hydrogen-bond donors (Lipinski definition) is 0. The smallest absolute Gasteiger partial charge is 0.0212 e. The minimum atomic E-state index is 0. The highest BCUT2D eigenvalue weighted by Crippen LogP contribution is 2.30. The molecule has 0 heterocycles. The fourth-order valence-corrected chi connectivity index (χ4v) is 3.01. The van der Waals surface area contributed by atoms with Crippen LogP contribution in [0.1, 0.15) is 39.0 Å². The van der Waals surface area contributed by atoms with Gasteiger partial charge in [0.05, 0.1) is 0 Å². The maximum absolute atomic E-state index is 3.43. The Hall–Kier alpha value is -1.22. The summed E-state index contributed by atoms with van der Waals surface area (Å²) in [6.07, 6.45) is 6.72. The number of rotatable bonds is 2. The lowest BCUT2D eigenvalue weighted by Gasteiger charge is -2.24. The van der Waals surface area contributed by atoms with E-state index in [1.54, 1.807) is 11.8 Å². The molecule has 1 aliphatic carbocycles. The zero-order valence-corrected chi connectivity index (χ0v) is 13.3. The standard InChI is InChI=1S/C16H20S.5FH/c1-2-14-8-10-15(11-9-14)12-13-17-16-6-4-3-5-7-16;;;;;/h3-7,14-15H,2,8-11H2,1H3;5*1H. The van der Waals surface area contributed by atoms with Gasteiger partial charge in [0, 0.05) is 10.8 Å². The van der Waals surface area contributed by atoms with Gasteiger partial charge in [-0.05, 0) is 60.7 Å². The second-order valence-corrected chi connectivity index (χ2v) is 5.67. The van der Waals surface area contributed by atoms with E-state index in [1.807, 2.05) is 6.07 Å². The molecule has 0 bridgehead atoms. The van der Waals surface area contributed by atoms with Crippen molar-refractivity contribution < 1.29 is 23.5 Å². The third kappa shape index (κ3) is 9.67. The van der Waals surface area contributed by atoms with Gasteiger partial charge in [0.2, 0.25) is 0 Å². The molecule has 0 N–H and O–H groups in total. The normalized spacial score (nSPS) is 18.4. The van der Waals surface area contributed by atoms with Crippen LogP contribution < -0.4 is 0 Å². The Morgan fingerprint density at radius 3 is 1.95 bits per heavy atom. The summed E-state index contributed by atoms with van der Waals surface area (Å²) in [6, 6.07) is 10.4. The average Bonchev–Trinajstić information content (AvgIpc) is 2.41. The lowest BCUT2D eigenvalue weighted by Crippen LogP contribution is -2.12. The summed E-state index contributed by atoms with van der Waals surface area (Å²) < 4.78 is 0. The fraction of sp³-hybridized carbons (Fsp3) is 0.500. The third-order valence-corrected chi connectivity index (χ3v) is 4.33. The molecular formula is C16H25F5S. The summed E-state index contributed by atoms with van der Waals surface area (Å²) in [7, 11) is 0. The van der Waals surface area contributed by atoms with Gasteiger partial charge in [-0.1, -0.05) is 37.5 Å². The predicted octanol–water partition coefficient (Wildman–Crippen LogP) is 5.72. The Balaban J connectivity index is -0.000000324. The Bertz CT molecular complexity index is 394. The lowest BCUT2D eigenvalue weighted by atomic mass is 9.81. The van der Waals surface area contributed by atoms with E-state index in [1.165, 1.54) is 37.0 Å². The highest BCUT2D eigenvalue weighted by molar-refractivity contribution is 8.03. The number of hydrogen-bond acceptors (Lipinski definition) is 1. The second kappa shape index (κ2) is 16.2. The first kappa shape index (κ1) is 28.9. The second-order valence-electron chi connectivity index (χ2n) is 4.79. The fourth-order valence-electron chi connectivity index (χ4n) is 2.38. The summed E-state index contributed by atoms with van der Waals surface area (Å²) in [5.74, 6) is 5.04. The van der Waals surface area contributed by atoms with Crippen molar-refractivity contribution in [2.45, 2.75) is 43.9 Å². The molecule has 1 aliphatic rings. The van der Waals surface area contributed by atoms with E-state index in [2.05, 4.69) is 42.4 Å². The van der Waals surface area contributed by atoms with E-state index >= 15 is 0 Å². The first-order valence-corrected chi connectivity index (χ1v) is 7.42. The van der Waals surface area contributed by atoms with E-state index in [4.69, 9.17) is 0 Å². The van der Waals surface area contributed by atoms with Crippen molar-refractivity contribution in [2.24, 2.45) is 11.8 Å². The van der Waals surface area contributed by atoms with E-state index in [-0.39, 0.29) is 23.5 Å². The Labute approximate surface area is 133 Å². The first-order chi connectivity index (χ1) is 8.38. The van der Waals surface area contributed by atoms with Crippen LogP contribution in [0.4, 0.5) is 23.5 Å². The van der Waals surface area contributed by atoms with Crippen molar-refractivity contribution in [2.75, 3.05) is 0 Å². The van der Waals surface area contributed by atoms with Crippen LogP contribution >= 0.6 is 11.8 Å². The van der Waals surface area contributed by atoms with E-state index < -0.39 is 0 Å². The molecule has 0 radical (unpaired) electrons. The molecule has 0 atom stereocenters. The molecule has 6 heteroatoms. The molecule has 0 amide bonds. The van der Waals surface area contributed by atoms with Gasteiger partial charge in [-0.25, -0.2) is 0 Å². The zero-order valence-electron chi connectivity index (χ0n) is 12.5. The summed E-state index contributed by atoms with van der Waals surface area (Å²) in [5.41, 5.74) is 0. The number of halogens is 5. The third-order valence-electron chi connectivity index (χ3n) is 3.60. The first-order valence-electron chi connectivity index (χ1n) is 6.61. The van der Waals surface area contributed by atoms with Crippen LogP contribution in [0.3, 0.4) is 0 Å². The monoisotopic (exact) mass is 344 g/mol. The molecule has 0 aromatic heterocycles. The molecule has 0 spiro atoms. The van der Waals surface area contributed by atoms with Crippen LogP contribution in [0.5, 0.6) is 0 Å². The molecule has 22 heavy (non-hydrogen) atoms. The van der Waals surface area contributed by atoms with Crippen molar-refractivity contribution in [1.29, 1.82) is 0 Å². The van der Waals surface area contributed by atoms with Crippen LogP contribution in [0.15, 0.2) is 35.2 Å². The molecule has 1 saturated carbocycles. The van der Waals surface area contributed by atoms with E-state index in [0.29, 0.717) is 5.92 Å². The Morgan fingerprint density at radius 1 is 0.909 bits per heavy atom. The topological polar surface area (TPSA) is 0 Å². The average molecular weight is 344 g/mol. The largest absolute Gasteiger partial charge is 0.269 e. The molecule has 0 unspecified atom stereocenters. The molecule has 0 nitrogen and oxygen atoms in total. The van der Waals surface area contributed by atoms with Crippen LogP contribution in [-0.4, -0.2) is 0 Å². The Kier molecular flexibility index (Phi) is 21.2. The van der Waals surface area contributed by atoms with Gasteiger partial charge < -0.3 is 0 Å². The Morgan fingerprint density at radius 2 is 1.45 bits per heavy atom. The van der Waals surface area contributed by atoms with Crippen molar-refractivity contribution in [3.05, 3.63) is 30.3 Å². The predicted molar refractivity (Wildman–Crippen MR) is 88.3 cm³/mol. The number of thioether (sulfide) groups is 1. The summed E-state index contributed by atoms with van der Waals surface area (Å²) in [6.45, 7) is 2.31. The van der Waals surface area contributed by atoms with Crippen molar-refractivity contribution in [1.82, 2.24) is 0 Å². The minimum absolute atomic E-state index is 0. The van der Waals surface area contributed by atoms with Crippen molar-refractivity contribution >= 4 is 11.8 Å². The minimum Gasteiger partial charge on any atom is -0.269 e. The molecular weight excluding hydrogens is 319 g/mol. The molecule has 1 aromatic rings. The molecule has 130 valence electrons. The van der Waals surface area contributed by atoms with Gasteiger partial charge in [-0.2, -0.15) is 0 Å². The van der Waals surface area contributed by atoms with E-state index in [9.17, 15) is 0 Å². The summed E-state index contributed by atoms with van der Waals surface area (Å²) >= 11 is 1.66. The number of benzene rings is 1. The highest BCUT2D eigenvalue weighted by atomic mass is 32.2. The van der Waals surface area contributed by atoms with Gasteiger partial charge in [-0.15, -0.1) is 0 Å². The van der Waals surface area contributed by atoms with Crippen molar-refractivity contribution in [3.63, 3.8) is 0 Å². The maximum atomic E-state index is 3.43. The van der Waals surface area contributed by atoms with Gasteiger partial charge in [0.25, 0.3) is 0 Å². The van der Waals surface area contributed by atoms with Crippen molar-refractivity contribution in [3.8, 4) is 11.2 Å². The maximum Gasteiger partial charge on any atom is 0.0212 e. The molecule has 0 aliphatic heterocycles. The van der Waals surface area contributed by atoms with Gasteiger partial charge in [0.1, 0.15) is 0 Å². The molecule has 1 aromatic carbocycles. The van der Waals surface area contributed by atoms with Gasteiger partial charge in [-0.3, -0.25) is 23.5 Å². The molecule has 2 rings (SSSR count). The van der Waals surface area contributed by atoms with E-state index in [0.717, 1.165) is 5.92 Å². The summed E-state index contributed by atoms with van der Waals surface area (Å²) in [5, 5.41) is 3.27. The quantitative estimate of drug-likeness (QED) is 0.376. The van der Waals surface area contributed by atoms with Gasteiger partial charge in [0.15, 0.2) is 0 Å². The van der Waals surface area contributed by atoms with Crippen LogP contribution in [0, 0.1) is 23.0 Å². The van der Waals surface area contributed by atoms with Crippen LogP contribution in [0.25, 0.3) is 0 Å². The molecule has 0 saturated heterocycles. The zero-order chi connectivity index (χ0) is 11.9. The molecule has 1 fully saturated rings. The summed E-state index contributed by atoms with van der Waals surface area (Å²) in [4.78, 5) is 1.25.